The summed E-state index contributed by atoms with van der Waals surface area (Å²) in [5.41, 5.74) is 1.55. The van der Waals surface area contributed by atoms with Crippen molar-refractivity contribution >= 4 is 11.7 Å². The average molecular weight is 437 g/mol. The predicted octanol–water partition coefficient (Wildman–Crippen LogP) is 3.51. The quantitative estimate of drug-likeness (QED) is 0.622. The molecule has 1 aliphatic rings. The maximum absolute atomic E-state index is 12.6. The Morgan fingerprint density at radius 3 is 2.41 bits per heavy atom. The Morgan fingerprint density at radius 1 is 1.16 bits per heavy atom. The van der Waals surface area contributed by atoms with Crippen LogP contribution in [0, 0.1) is 11.3 Å². The molecular weight excluding hydrogens is 404 g/mol. The van der Waals surface area contributed by atoms with Gasteiger partial charge in [0.05, 0.1) is 18.2 Å². The van der Waals surface area contributed by atoms with Gasteiger partial charge >= 0.3 is 5.97 Å². The number of nitrogens with one attached hydrogen (secondary N) is 1. The van der Waals surface area contributed by atoms with Gasteiger partial charge in [-0.05, 0) is 67.9 Å². The van der Waals surface area contributed by atoms with Crippen molar-refractivity contribution < 1.29 is 14.6 Å². The number of hydrogen-bond acceptors (Lipinski definition) is 6. The van der Waals surface area contributed by atoms with E-state index in [9.17, 15) is 9.90 Å². The third-order valence-electron chi connectivity index (χ3n) is 6.04. The summed E-state index contributed by atoms with van der Waals surface area (Å²) in [5.74, 6) is -0.279. The standard InChI is InChI=1S/C25H32N4O3/c1-4-25(24(30)31,27-22-8-6-19(17-26)7-9-22)21-14-20(15-23(16-21)32-5-2)18-29-12-10-28(3)11-13-29/h6-9,14-16,27H,4-5,10-13,18H2,1-3H3,(H,30,31). The van der Waals surface area contributed by atoms with Gasteiger partial charge in [0.25, 0.3) is 0 Å². The SMILES string of the molecule is CCOc1cc(CN2CCN(C)CC2)cc(C(CC)(Nc2ccc(C#N)cc2)C(=O)O)c1. The number of carboxylic acid groups (broad SMARTS) is 1. The number of hydrogen-bond donors (Lipinski definition) is 2. The third-order valence-corrected chi connectivity index (χ3v) is 6.04. The van der Waals surface area contributed by atoms with Crippen molar-refractivity contribution in [2.24, 2.45) is 0 Å². The Morgan fingerprint density at radius 2 is 1.84 bits per heavy atom. The molecule has 0 bridgehead atoms. The maximum Gasteiger partial charge on any atom is 0.334 e. The second kappa shape index (κ2) is 10.5. The molecule has 1 heterocycles. The van der Waals surface area contributed by atoms with Crippen LogP contribution in [0.5, 0.6) is 5.75 Å². The van der Waals surface area contributed by atoms with Gasteiger partial charge < -0.3 is 20.1 Å². The number of nitriles is 1. The van der Waals surface area contributed by atoms with Crippen LogP contribution >= 0.6 is 0 Å². The molecule has 3 rings (SSSR count). The highest BCUT2D eigenvalue weighted by Gasteiger charge is 2.39. The first-order chi connectivity index (χ1) is 15.4. The minimum Gasteiger partial charge on any atom is -0.494 e. The number of rotatable bonds is 9. The summed E-state index contributed by atoms with van der Waals surface area (Å²) in [6.45, 7) is 9.03. The van der Waals surface area contributed by atoms with E-state index in [1.807, 2.05) is 32.0 Å². The number of carbonyl (C=O) groups is 1. The lowest BCUT2D eigenvalue weighted by atomic mass is 9.85. The second-order valence-corrected chi connectivity index (χ2v) is 8.26. The normalized spacial score (nSPS) is 16.7. The monoisotopic (exact) mass is 436 g/mol. The largest absolute Gasteiger partial charge is 0.494 e. The molecule has 1 atom stereocenters. The molecule has 2 aromatic rings. The highest BCUT2D eigenvalue weighted by Crippen LogP contribution is 2.34. The van der Waals surface area contributed by atoms with E-state index >= 15 is 0 Å². The molecule has 1 fully saturated rings. The number of ether oxygens (including phenoxy) is 1. The minimum absolute atomic E-state index is 0.339. The molecule has 2 aromatic carbocycles. The van der Waals surface area contributed by atoms with Crippen LogP contribution in [0.2, 0.25) is 0 Å². The molecule has 32 heavy (non-hydrogen) atoms. The van der Waals surface area contributed by atoms with Crippen molar-refractivity contribution in [1.29, 1.82) is 5.26 Å². The van der Waals surface area contributed by atoms with Crippen molar-refractivity contribution in [1.82, 2.24) is 9.80 Å². The molecule has 0 spiro atoms. The number of benzene rings is 2. The van der Waals surface area contributed by atoms with Gasteiger partial charge in [0, 0.05) is 38.4 Å². The molecule has 0 radical (unpaired) electrons. The van der Waals surface area contributed by atoms with E-state index in [2.05, 4.69) is 28.2 Å². The minimum atomic E-state index is -1.32. The molecule has 0 saturated carbocycles. The molecule has 170 valence electrons. The predicted molar refractivity (Wildman–Crippen MR) is 125 cm³/mol. The summed E-state index contributed by atoms with van der Waals surface area (Å²) in [7, 11) is 2.13. The lowest BCUT2D eigenvalue weighted by molar-refractivity contribution is -0.142. The molecule has 7 heteroatoms. The number of anilines is 1. The fraction of sp³-hybridized carbons (Fsp3) is 0.440. The van der Waals surface area contributed by atoms with Crippen LogP contribution in [0.25, 0.3) is 0 Å². The zero-order valence-electron chi connectivity index (χ0n) is 19.1. The van der Waals surface area contributed by atoms with Crippen LogP contribution in [0.1, 0.15) is 37.0 Å². The Labute approximate surface area is 190 Å². The Balaban J connectivity index is 1.97. The van der Waals surface area contributed by atoms with Gasteiger partial charge in [-0.3, -0.25) is 4.90 Å². The first kappa shape index (κ1) is 23.6. The van der Waals surface area contributed by atoms with Gasteiger partial charge in [0.15, 0.2) is 5.54 Å². The van der Waals surface area contributed by atoms with E-state index in [1.165, 1.54) is 0 Å². The number of aliphatic carboxylic acids is 1. The highest BCUT2D eigenvalue weighted by atomic mass is 16.5. The lowest BCUT2D eigenvalue weighted by Crippen LogP contribution is -2.44. The van der Waals surface area contributed by atoms with Gasteiger partial charge in [0.1, 0.15) is 5.75 Å². The van der Waals surface area contributed by atoms with Gasteiger partial charge in [0.2, 0.25) is 0 Å². The third kappa shape index (κ3) is 5.39. The molecule has 0 aromatic heterocycles. The molecule has 0 amide bonds. The number of nitrogens with zero attached hydrogens (tertiary/aromatic N) is 3. The first-order valence-corrected chi connectivity index (χ1v) is 11.1. The number of piperazine rings is 1. The van der Waals surface area contributed by atoms with Crippen LogP contribution in [-0.2, 0) is 16.9 Å². The van der Waals surface area contributed by atoms with E-state index in [-0.39, 0.29) is 0 Å². The van der Waals surface area contributed by atoms with Crippen molar-refractivity contribution in [3.63, 3.8) is 0 Å². The van der Waals surface area contributed by atoms with Crippen molar-refractivity contribution in [2.45, 2.75) is 32.4 Å². The summed E-state index contributed by atoms with van der Waals surface area (Å²) >= 11 is 0. The van der Waals surface area contributed by atoms with E-state index in [4.69, 9.17) is 10.00 Å². The Bertz CT molecular complexity index is 962. The smallest absolute Gasteiger partial charge is 0.334 e. The lowest BCUT2D eigenvalue weighted by Gasteiger charge is -2.34. The van der Waals surface area contributed by atoms with Crippen molar-refractivity contribution in [3.8, 4) is 11.8 Å². The van der Waals surface area contributed by atoms with Gasteiger partial charge in [-0.25, -0.2) is 4.79 Å². The van der Waals surface area contributed by atoms with E-state index in [0.717, 1.165) is 38.3 Å². The molecule has 0 aliphatic carbocycles. The average Bonchev–Trinajstić information content (AvgIpc) is 2.79. The van der Waals surface area contributed by atoms with E-state index in [0.29, 0.717) is 35.6 Å². The van der Waals surface area contributed by atoms with Gasteiger partial charge in [-0.1, -0.05) is 13.0 Å². The van der Waals surface area contributed by atoms with Crippen LogP contribution in [0.4, 0.5) is 5.69 Å². The summed E-state index contributed by atoms with van der Waals surface area (Å²) in [6, 6.07) is 14.7. The van der Waals surface area contributed by atoms with Gasteiger partial charge in [-0.15, -0.1) is 0 Å². The number of likely N-dealkylation sites (N-methyl/N-ethyl adjacent to an activating group) is 1. The first-order valence-electron chi connectivity index (χ1n) is 11.1. The Hall–Kier alpha value is -3.08. The topological polar surface area (TPSA) is 88.8 Å². The van der Waals surface area contributed by atoms with Crippen LogP contribution in [0.15, 0.2) is 42.5 Å². The summed E-state index contributed by atoms with van der Waals surface area (Å²) in [4.78, 5) is 17.3. The molecule has 1 aliphatic heterocycles. The summed E-state index contributed by atoms with van der Waals surface area (Å²) in [5, 5.41) is 22.6. The van der Waals surface area contributed by atoms with Crippen molar-refractivity contribution in [2.75, 3.05) is 45.2 Å². The molecule has 2 N–H and O–H groups in total. The molecule has 1 unspecified atom stereocenters. The summed E-state index contributed by atoms with van der Waals surface area (Å²) < 4.78 is 5.81. The van der Waals surface area contributed by atoms with E-state index in [1.54, 1.807) is 24.3 Å². The molecule has 1 saturated heterocycles. The second-order valence-electron chi connectivity index (χ2n) is 8.26. The number of carboxylic acids is 1. The Kier molecular flexibility index (Phi) is 7.73. The highest BCUT2D eigenvalue weighted by molar-refractivity contribution is 5.85. The summed E-state index contributed by atoms with van der Waals surface area (Å²) in [6.07, 6.45) is 0.339. The fourth-order valence-electron chi connectivity index (χ4n) is 4.08. The van der Waals surface area contributed by atoms with Crippen LogP contribution in [0.3, 0.4) is 0 Å². The molecule has 7 nitrogen and oxygen atoms in total. The van der Waals surface area contributed by atoms with Crippen LogP contribution < -0.4 is 10.1 Å². The van der Waals surface area contributed by atoms with Crippen molar-refractivity contribution in [3.05, 3.63) is 59.2 Å². The fourth-order valence-corrected chi connectivity index (χ4v) is 4.08. The van der Waals surface area contributed by atoms with E-state index < -0.39 is 11.5 Å². The van der Waals surface area contributed by atoms with Crippen LogP contribution in [-0.4, -0.2) is 60.7 Å². The van der Waals surface area contributed by atoms with Gasteiger partial charge in [-0.2, -0.15) is 5.26 Å². The zero-order chi connectivity index (χ0) is 23.1. The maximum atomic E-state index is 12.6. The molecular formula is C25H32N4O3. The zero-order valence-corrected chi connectivity index (χ0v) is 19.1.